The zero-order chi connectivity index (χ0) is 14.5. The summed E-state index contributed by atoms with van der Waals surface area (Å²) < 4.78 is 13.4. The number of halogens is 2. The molecule has 0 fully saturated rings. The van der Waals surface area contributed by atoms with E-state index in [2.05, 4.69) is 31.8 Å². The second-order valence-electron chi connectivity index (χ2n) is 4.04. The molecule has 0 aliphatic carbocycles. The van der Waals surface area contributed by atoms with Crippen LogP contribution in [0.5, 0.6) is 0 Å². The second kappa shape index (κ2) is 6.33. The Morgan fingerprint density at radius 2 is 1.90 bits per heavy atom. The van der Waals surface area contributed by atoms with E-state index in [9.17, 15) is 14.0 Å². The van der Waals surface area contributed by atoms with Crippen molar-refractivity contribution < 1.29 is 14.0 Å². The molecule has 2 amide bonds. The van der Waals surface area contributed by atoms with Crippen LogP contribution in [-0.4, -0.2) is 16.8 Å². The molecule has 5 nitrogen and oxygen atoms in total. The average molecular weight is 340 g/mol. The van der Waals surface area contributed by atoms with Gasteiger partial charge < -0.3 is 4.98 Å². The van der Waals surface area contributed by atoms with Gasteiger partial charge >= 0.3 is 0 Å². The molecule has 0 saturated carbocycles. The molecule has 0 aliphatic rings. The van der Waals surface area contributed by atoms with Crippen LogP contribution in [0.4, 0.5) is 4.39 Å². The number of carbonyl (C=O) groups excluding carboxylic acids is 2. The first kappa shape index (κ1) is 14.3. The lowest BCUT2D eigenvalue weighted by molar-refractivity contribution is -0.121. The molecule has 1 aromatic heterocycles. The van der Waals surface area contributed by atoms with Crippen LogP contribution in [-0.2, 0) is 11.2 Å². The fraction of sp³-hybridized carbons (Fsp3) is 0.0769. The molecule has 0 atom stereocenters. The summed E-state index contributed by atoms with van der Waals surface area (Å²) in [5.74, 6) is -1.21. The van der Waals surface area contributed by atoms with Gasteiger partial charge in [-0.15, -0.1) is 0 Å². The maximum absolute atomic E-state index is 12.7. The fourth-order valence-electron chi connectivity index (χ4n) is 1.52. The second-order valence-corrected chi connectivity index (χ2v) is 4.95. The van der Waals surface area contributed by atoms with Gasteiger partial charge in [0.25, 0.3) is 5.91 Å². The predicted octanol–water partition coefficient (Wildman–Crippen LogP) is 1.92. The minimum Gasteiger partial charge on any atom is -0.356 e. The number of hydrogen-bond acceptors (Lipinski definition) is 2. The minimum absolute atomic E-state index is 0.0506. The van der Waals surface area contributed by atoms with Crippen molar-refractivity contribution in [3.05, 3.63) is 58.1 Å². The van der Waals surface area contributed by atoms with E-state index in [-0.39, 0.29) is 12.2 Å². The summed E-state index contributed by atoms with van der Waals surface area (Å²) in [7, 11) is 0. The molecular formula is C13H11BrFN3O2. The highest BCUT2D eigenvalue weighted by atomic mass is 79.9. The van der Waals surface area contributed by atoms with Crippen molar-refractivity contribution in [3.8, 4) is 0 Å². The molecule has 2 rings (SSSR count). The van der Waals surface area contributed by atoms with Gasteiger partial charge in [-0.05, 0) is 39.7 Å². The van der Waals surface area contributed by atoms with E-state index in [1.165, 1.54) is 24.3 Å². The molecule has 7 heteroatoms. The van der Waals surface area contributed by atoms with Gasteiger partial charge in [-0.2, -0.15) is 0 Å². The van der Waals surface area contributed by atoms with Gasteiger partial charge in [-0.1, -0.05) is 12.1 Å². The number of nitrogens with one attached hydrogen (secondary N) is 3. The smallest absolute Gasteiger partial charge is 0.286 e. The summed E-state index contributed by atoms with van der Waals surface area (Å²) in [6.07, 6.45) is 1.66. The van der Waals surface area contributed by atoms with Crippen LogP contribution in [0.2, 0.25) is 0 Å². The van der Waals surface area contributed by atoms with Crippen molar-refractivity contribution in [1.82, 2.24) is 15.8 Å². The number of aromatic nitrogens is 1. The lowest BCUT2D eigenvalue weighted by atomic mass is 10.1. The molecule has 0 aliphatic heterocycles. The monoisotopic (exact) mass is 339 g/mol. The topological polar surface area (TPSA) is 74.0 Å². The van der Waals surface area contributed by atoms with Gasteiger partial charge in [0.1, 0.15) is 11.5 Å². The lowest BCUT2D eigenvalue weighted by Crippen LogP contribution is -2.42. The first-order chi connectivity index (χ1) is 9.54. The summed E-state index contributed by atoms with van der Waals surface area (Å²) in [5.41, 5.74) is 5.54. The predicted molar refractivity (Wildman–Crippen MR) is 74.2 cm³/mol. The molecule has 2 aromatic rings. The molecule has 0 spiro atoms. The summed E-state index contributed by atoms with van der Waals surface area (Å²) in [4.78, 5) is 26.0. The highest BCUT2D eigenvalue weighted by molar-refractivity contribution is 9.10. The van der Waals surface area contributed by atoms with Crippen LogP contribution in [0, 0.1) is 5.82 Å². The molecule has 3 N–H and O–H groups in total. The molecular weight excluding hydrogens is 329 g/mol. The molecule has 0 unspecified atom stereocenters. The fourth-order valence-corrected chi connectivity index (χ4v) is 1.87. The Labute approximate surface area is 122 Å². The van der Waals surface area contributed by atoms with Crippen LogP contribution in [0.1, 0.15) is 16.1 Å². The van der Waals surface area contributed by atoms with Gasteiger partial charge in [-0.25, -0.2) is 4.39 Å². The van der Waals surface area contributed by atoms with Gasteiger partial charge in [0, 0.05) is 10.7 Å². The van der Waals surface area contributed by atoms with E-state index >= 15 is 0 Å². The third-order valence-electron chi connectivity index (χ3n) is 2.49. The van der Waals surface area contributed by atoms with E-state index in [1.54, 1.807) is 12.3 Å². The normalized spacial score (nSPS) is 10.1. The molecule has 104 valence electrons. The van der Waals surface area contributed by atoms with Gasteiger partial charge in [0.05, 0.1) is 6.42 Å². The lowest BCUT2D eigenvalue weighted by Gasteiger charge is -2.06. The van der Waals surface area contributed by atoms with Gasteiger partial charge in [0.15, 0.2) is 0 Å². The number of aromatic amines is 1. The Kier molecular flexibility index (Phi) is 4.52. The zero-order valence-electron chi connectivity index (χ0n) is 10.2. The quantitative estimate of drug-likeness (QED) is 0.747. The summed E-state index contributed by atoms with van der Waals surface area (Å²) in [6, 6.07) is 7.16. The van der Waals surface area contributed by atoms with E-state index < -0.39 is 11.8 Å². The standard InChI is InChI=1S/C13H11BrFN3O2/c14-9-6-11(16-7-9)13(20)18-17-12(19)5-8-1-3-10(15)4-2-8/h1-4,6-7,16H,5H2,(H,17,19)(H,18,20). The van der Waals surface area contributed by atoms with E-state index in [1.807, 2.05) is 0 Å². The molecule has 0 bridgehead atoms. The molecule has 0 saturated heterocycles. The highest BCUT2D eigenvalue weighted by Crippen LogP contribution is 2.10. The third-order valence-corrected chi connectivity index (χ3v) is 2.94. The average Bonchev–Trinajstić information content (AvgIpc) is 2.85. The summed E-state index contributed by atoms with van der Waals surface area (Å²) >= 11 is 3.20. The number of hydrogen-bond donors (Lipinski definition) is 3. The van der Waals surface area contributed by atoms with E-state index in [4.69, 9.17) is 0 Å². The number of rotatable bonds is 3. The van der Waals surface area contributed by atoms with Gasteiger partial charge in [0.2, 0.25) is 5.91 Å². The third kappa shape index (κ3) is 3.92. The van der Waals surface area contributed by atoms with Crippen LogP contribution < -0.4 is 10.9 Å². The summed E-state index contributed by atoms with van der Waals surface area (Å²) in [6.45, 7) is 0. The molecule has 20 heavy (non-hydrogen) atoms. The van der Waals surface area contributed by atoms with Crippen molar-refractivity contribution in [2.24, 2.45) is 0 Å². The van der Waals surface area contributed by atoms with E-state index in [0.717, 1.165) is 4.47 Å². The molecule has 1 heterocycles. The number of carbonyl (C=O) groups is 2. The van der Waals surface area contributed by atoms with Crippen molar-refractivity contribution in [3.63, 3.8) is 0 Å². The number of hydrazine groups is 1. The first-order valence-electron chi connectivity index (χ1n) is 5.72. The van der Waals surface area contributed by atoms with Gasteiger partial charge in [-0.3, -0.25) is 20.4 Å². The molecule has 1 aromatic carbocycles. The van der Waals surface area contributed by atoms with E-state index in [0.29, 0.717) is 11.3 Å². The van der Waals surface area contributed by atoms with Crippen LogP contribution in [0.25, 0.3) is 0 Å². The Hall–Kier alpha value is -2.15. The zero-order valence-corrected chi connectivity index (χ0v) is 11.8. The number of benzene rings is 1. The van der Waals surface area contributed by atoms with Crippen molar-refractivity contribution in [2.45, 2.75) is 6.42 Å². The first-order valence-corrected chi connectivity index (χ1v) is 6.51. The Bertz CT molecular complexity index is 625. The van der Waals surface area contributed by atoms with Crippen molar-refractivity contribution in [1.29, 1.82) is 0 Å². The minimum atomic E-state index is -0.455. The van der Waals surface area contributed by atoms with Crippen LogP contribution in [0.15, 0.2) is 41.0 Å². The van der Waals surface area contributed by atoms with Crippen molar-refractivity contribution >= 4 is 27.7 Å². The number of amides is 2. The summed E-state index contributed by atoms with van der Waals surface area (Å²) in [5, 5.41) is 0. The Morgan fingerprint density at radius 3 is 2.50 bits per heavy atom. The van der Waals surface area contributed by atoms with Crippen LogP contribution in [0.3, 0.4) is 0 Å². The maximum Gasteiger partial charge on any atom is 0.286 e. The largest absolute Gasteiger partial charge is 0.356 e. The van der Waals surface area contributed by atoms with Crippen LogP contribution >= 0.6 is 15.9 Å². The Balaban J connectivity index is 1.83. The highest BCUT2D eigenvalue weighted by Gasteiger charge is 2.09. The SMILES string of the molecule is O=C(Cc1ccc(F)cc1)NNC(=O)c1cc(Br)c[nH]1. The molecule has 0 radical (unpaired) electrons. The number of H-pyrrole nitrogens is 1. The Morgan fingerprint density at radius 1 is 1.20 bits per heavy atom. The maximum atomic E-state index is 12.7. The van der Waals surface area contributed by atoms with Crippen molar-refractivity contribution in [2.75, 3.05) is 0 Å².